The first-order chi connectivity index (χ1) is 15.9. The summed E-state index contributed by atoms with van der Waals surface area (Å²) in [7, 11) is 0. The standard InChI is InChI=1S/C24H29N7O2/c1-4-24(2,3)33-23(32)30-7-5-29(6-8-30)21-20-22(27-14-26-21)31(15-28-20)13-19-11-17-9-16(17)10-18(19)12-25/h10-11,14-17H,4-9,13H2,1-3H3. The first kappa shape index (κ1) is 21.4. The molecular weight excluding hydrogens is 418 g/mol. The number of carbonyl (C=O) groups is 1. The largest absolute Gasteiger partial charge is 0.443 e. The van der Waals surface area contributed by atoms with Crippen molar-refractivity contribution < 1.29 is 9.53 Å². The third-order valence-corrected chi connectivity index (χ3v) is 6.93. The topological polar surface area (TPSA) is 100 Å². The molecule has 1 aliphatic heterocycles. The van der Waals surface area contributed by atoms with Gasteiger partial charge in [-0.1, -0.05) is 19.1 Å². The molecule has 0 spiro atoms. The molecule has 2 atom stereocenters. The molecule has 1 amide bonds. The number of allylic oxidation sites excluding steroid dienone is 4. The average molecular weight is 448 g/mol. The molecule has 1 saturated carbocycles. The van der Waals surface area contributed by atoms with Crippen LogP contribution in [0.5, 0.6) is 0 Å². The van der Waals surface area contributed by atoms with Crippen LogP contribution >= 0.6 is 0 Å². The summed E-state index contributed by atoms with van der Waals surface area (Å²) in [5.41, 5.74) is 2.83. The molecule has 0 aromatic carbocycles. The highest BCUT2D eigenvalue weighted by atomic mass is 16.6. The van der Waals surface area contributed by atoms with Gasteiger partial charge in [0.25, 0.3) is 0 Å². The number of piperazine rings is 1. The fourth-order valence-electron chi connectivity index (χ4n) is 4.41. The van der Waals surface area contributed by atoms with E-state index in [2.05, 4.69) is 38.1 Å². The molecular formula is C24H29N7O2. The molecule has 9 heteroatoms. The van der Waals surface area contributed by atoms with Crippen LogP contribution in [0.1, 0.15) is 33.6 Å². The van der Waals surface area contributed by atoms with Crippen molar-refractivity contribution in [3.8, 4) is 6.07 Å². The second-order valence-electron chi connectivity index (χ2n) is 9.64. The van der Waals surface area contributed by atoms with Gasteiger partial charge in [0.2, 0.25) is 0 Å². The number of nitrogens with zero attached hydrogens (tertiary/aromatic N) is 7. The van der Waals surface area contributed by atoms with E-state index in [0.717, 1.165) is 41.0 Å². The van der Waals surface area contributed by atoms with Gasteiger partial charge in [-0.3, -0.25) is 0 Å². The molecule has 33 heavy (non-hydrogen) atoms. The second kappa shape index (κ2) is 8.18. The predicted octanol–water partition coefficient (Wildman–Crippen LogP) is 3.30. The van der Waals surface area contributed by atoms with Crippen molar-refractivity contribution >= 4 is 23.1 Å². The Morgan fingerprint density at radius 3 is 2.67 bits per heavy atom. The lowest BCUT2D eigenvalue weighted by molar-refractivity contribution is 0.0106. The molecule has 3 aliphatic rings. The van der Waals surface area contributed by atoms with Crippen molar-refractivity contribution in [2.45, 2.75) is 45.8 Å². The van der Waals surface area contributed by atoms with Crippen molar-refractivity contribution in [3.05, 3.63) is 36.0 Å². The molecule has 0 radical (unpaired) electrons. The summed E-state index contributed by atoms with van der Waals surface area (Å²) in [6.45, 7) is 8.87. The third-order valence-electron chi connectivity index (χ3n) is 6.93. The lowest BCUT2D eigenvalue weighted by Crippen LogP contribution is -2.50. The van der Waals surface area contributed by atoms with E-state index in [-0.39, 0.29) is 6.09 Å². The normalized spacial score (nSPS) is 22.4. The Balaban J connectivity index is 1.30. The molecule has 2 aliphatic carbocycles. The minimum Gasteiger partial charge on any atom is -0.443 e. The summed E-state index contributed by atoms with van der Waals surface area (Å²) in [6.07, 6.45) is 9.32. The Morgan fingerprint density at radius 1 is 1.18 bits per heavy atom. The molecule has 3 heterocycles. The zero-order valence-corrected chi connectivity index (χ0v) is 19.4. The maximum absolute atomic E-state index is 12.5. The second-order valence-corrected chi connectivity index (χ2v) is 9.64. The monoisotopic (exact) mass is 447 g/mol. The van der Waals surface area contributed by atoms with Crippen LogP contribution < -0.4 is 4.90 Å². The number of nitriles is 1. The Hall–Kier alpha value is -3.41. The molecule has 5 rings (SSSR count). The van der Waals surface area contributed by atoms with Gasteiger partial charge in [0.05, 0.1) is 24.5 Å². The SMILES string of the molecule is CCC(C)(C)OC(=O)N1CCN(c2ncnc3c2ncn3CC2=CC3CC3C=C2C#N)CC1. The summed E-state index contributed by atoms with van der Waals surface area (Å²) in [6, 6.07) is 2.34. The smallest absolute Gasteiger partial charge is 0.410 e. The van der Waals surface area contributed by atoms with Gasteiger partial charge in [-0.05, 0) is 44.1 Å². The van der Waals surface area contributed by atoms with E-state index in [1.165, 1.54) is 0 Å². The van der Waals surface area contributed by atoms with E-state index < -0.39 is 5.60 Å². The van der Waals surface area contributed by atoms with E-state index in [1.807, 2.05) is 25.3 Å². The van der Waals surface area contributed by atoms with Crippen LogP contribution in [0, 0.1) is 23.2 Å². The third kappa shape index (κ3) is 4.17. The van der Waals surface area contributed by atoms with Crippen molar-refractivity contribution in [1.29, 1.82) is 5.26 Å². The predicted molar refractivity (Wildman–Crippen MR) is 123 cm³/mol. The lowest BCUT2D eigenvalue weighted by Gasteiger charge is -2.36. The summed E-state index contributed by atoms with van der Waals surface area (Å²) in [5.74, 6) is 1.89. The van der Waals surface area contributed by atoms with Gasteiger partial charge < -0.3 is 19.1 Å². The number of hydrogen-bond donors (Lipinski definition) is 0. The number of imidazole rings is 1. The number of rotatable bonds is 5. The van der Waals surface area contributed by atoms with E-state index in [0.29, 0.717) is 44.6 Å². The molecule has 0 N–H and O–H groups in total. The van der Waals surface area contributed by atoms with E-state index in [1.54, 1.807) is 17.6 Å². The fraction of sp³-hybridized carbons (Fsp3) is 0.542. The Kier molecular flexibility index (Phi) is 5.31. The fourth-order valence-corrected chi connectivity index (χ4v) is 4.41. The molecule has 1 saturated heterocycles. The number of fused-ring (bicyclic) bond motifs is 2. The number of ether oxygens (including phenoxy) is 1. The van der Waals surface area contributed by atoms with Crippen LogP contribution in [-0.4, -0.2) is 62.3 Å². The molecule has 2 aromatic rings. The average Bonchev–Trinajstić information content (AvgIpc) is 3.47. The Morgan fingerprint density at radius 2 is 1.94 bits per heavy atom. The number of anilines is 1. The van der Waals surface area contributed by atoms with Crippen LogP contribution in [0.15, 0.2) is 36.0 Å². The minimum absolute atomic E-state index is 0.265. The number of aromatic nitrogens is 4. The first-order valence-corrected chi connectivity index (χ1v) is 11.6. The van der Waals surface area contributed by atoms with Crippen molar-refractivity contribution in [2.75, 3.05) is 31.1 Å². The molecule has 172 valence electrons. The summed E-state index contributed by atoms with van der Waals surface area (Å²) in [4.78, 5) is 30.0. The Bertz CT molecular complexity index is 1180. The molecule has 2 unspecified atom stereocenters. The van der Waals surface area contributed by atoms with E-state index in [9.17, 15) is 10.1 Å². The van der Waals surface area contributed by atoms with Crippen LogP contribution in [0.2, 0.25) is 0 Å². The number of carbonyl (C=O) groups excluding carboxylic acids is 1. The van der Waals surface area contributed by atoms with Crippen LogP contribution in [0.4, 0.5) is 10.6 Å². The van der Waals surface area contributed by atoms with Crippen LogP contribution in [0.3, 0.4) is 0 Å². The van der Waals surface area contributed by atoms with Crippen LogP contribution in [0.25, 0.3) is 11.2 Å². The summed E-state index contributed by atoms with van der Waals surface area (Å²) < 4.78 is 7.62. The molecule has 9 nitrogen and oxygen atoms in total. The zero-order valence-electron chi connectivity index (χ0n) is 19.4. The van der Waals surface area contributed by atoms with Gasteiger partial charge in [-0.25, -0.2) is 19.7 Å². The van der Waals surface area contributed by atoms with Gasteiger partial charge in [-0.15, -0.1) is 0 Å². The lowest BCUT2D eigenvalue weighted by atomic mass is 9.99. The number of hydrogen-bond acceptors (Lipinski definition) is 7. The highest BCUT2D eigenvalue weighted by Crippen LogP contribution is 2.46. The van der Waals surface area contributed by atoms with Crippen LogP contribution in [-0.2, 0) is 11.3 Å². The van der Waals surface area contributed by atoms with Gasteiger partial charge >= 0.3 is 6.09 Å². The zero-order chi connectivity index (χ0) is 23.2. The summed E-state index contributed by atoms with van der Waals surface area (Å²) in [5, 5.41) is 9.54. The molecule has 0 bridgehead atoms. The van der Waals surface area contributed by atoms with Gasteiger partial charge in [-0.2, -0.15) is 5.26 Å². The van der Waals surface area contributed by atoms with E-state index >= 15 is 0 Å². The van der Waals surface area contributed by atoms with Gasteiger partial charge in [0.15, 0.2) is 17.0 Å². The maximum Gasteiger partial charge on any atom is 0.410 e. The quantitative estimate of drug-likeness (QED) is 0.693. The van der Waals surface area contributed by atoms with E-state index in [4.69, 9.17) is 4.74 Å². The minimum atomic E-state index is -0.464. The van der Waals surface area contributed by atoms with Crippen molar-refractivity contribution in [3.63, 3.8) is 0 Å². The highest BCUT2D eigenvalue weighted by molar-refractivity contribution is 5.83. The van der Waals surface area contributed by atoms with Crippen molar-refractivity contribution in [1.82, 2.24) is 24.4 Å². The van der Waals surface area contributed by atoms with Gasteiger partial charge in [0.1, 0.15) is 11.9 Å². The maximum atomic E-state index is 12.5. The molecule has 2 fully saturated rings. The highest BCUT2D eigenvalue weighted by Gasteiger charge is 2.37. The molecule has 2 aromatic heterocycles. The van der Waals surface area contributed by atoms with Crippen molar-refractivity contribution in [2.24, 2.45) is 11.8 Å². The van der Waals surface area contributed by atoms with Gasteiger partial charge in [0, 0.05) is 26.2 Å². The first-order valence-electron chi connectivity index (χ1n) is 11.6. The summed E-state index contributed by atoms with van der Waals surface area (Å²) >= 11 is 0. The Labute approximate surface area is 193 Å². The number of amides is 1.